The molecule has 132 valence electrons. The van der Waals surface area contributed by atoms with Gasteiger partial charge >= 0.3 is 0 Å². The van der Waals surface area contributed by atoms with E-state index in [9.17, 15) is 9.50 Å². The number of hydrogen-bond acceptors (Lipinski definition) is 3. The summed E-state index contributed by atoms with van der Waals surface area (Å²) < 4.78 is 13.3. The van der Waals surface area contributed by atoms with Gasteiger partial charge in [-0.25, -0.2) is 9.37 Å². The van der Waals surface area contributed by atoms with Crippen LogP contribution in [-0.4, -0.2) is 21.7 Å². The van der Waals surface area contributed by atoms with Crippen LogP contribution in [0.15, 0.2) is 42.6 Å². The van der Waals surface area contributed by atoms with E-state index >= 15 is 0 Å². The van der Waals surface area contributed by atoms with Crippen LogP contribution < -0.4 is 10.6 Å². The standard InChI is InChI=1S/C19H22FN3OS/c20-15-8-6-14(7-9-15)19(10-2-1-3-11-19)13-22-18(25)23-17-16(24)5-4-12-21-17/h4-9,12,24H,1-3,10-11,13H2,(H2,21,22,23,25). The van der Waals surface area contributed by atoms with E-state index in [-0.39, 0.29) is 17.0 Å². The van der Waals surface area contributed by atoms with Crippen LogP contribution in [-0.2, 0) is 5.41 Å². The molecule has 4 nitrogen and oxygen atoms in total. The number of anilines is 1. The fraction of sp³-hybridized carbons (Fsp3) is 0.368. The molecule has 0 spiro atoms. The van der Waals surface area contributed by atoms with E-state index in [0.29, 0.717) is 17.5 Å². The first kappa shape index (κ1) is 17.6. The summed E-state index contributed by atoms with van der Waals surface area (Å²) in [4.78, 5) is 4.07. The fourth-order valence-corrected chi connectivity index (χ4v) is 3.66. The zero-order valence-corrected chi connectivity index (χ0v) is 14.8. The molecule has 1 heterocycles. The maximum absolute atomic E-state index is 13.3. The molecule has 0 atom stereocenters. The molecule has 0 saturated heterocycles. The van der Waals surface area contributed by atoms with Crippen molar-refractivity contribution in [1.82, 2.24) is 10.3 Å². The summed E-state index contributed by atoms with van der Waals surface area (Å²) in [6, 6.07) is 10.0. The van der Waals surface area contributed by atoms with Crippen LogP contribution in [0.3, 0.4) is 0 Å². The van der Waals surface area contributed by atoms with Gasteiger partial charge in [0.15, 0.2) is 16.7 Å². The Labute approximate surface area is 152 Å². The van der Waals surface area contributed by atoms with E-state index in [1.165, 1.54) is 18.6 Å². The van der Waals surface area contributed by atoms with Crippen LogP contribution in [0.4, 0.5) is 10.2 Å². The first-order valence-electron chi connectivity index (χ1n) is 8.54. The molecular weight excluding hydrogens is 337 g/mol. The Morgan fingerprint density at radius 3 is 2.56 bits per heavy atom. The van der Waals surface area contributed by atoms with Gasteiger partial charge in [0, 0.05) is 18.2 Å². The minimum absolute atomic E-state index is 0.0517. The van der Waals surface area contributed by atoms with Crippen molar-refractivity contribution < 1.29 is 9.50 Å². The Kier molecular flexibility index (Phi) is 5.48. The highest BCUT2D eigenvalue weighted by Crippen LogP contribution is 2.39. The SMILES string of the molecule is Oc1cccnc1NC(=S)NCC1(c2ccc(F)cc2)CCCCC1. The number of aromatic nitrogens is 1. The maximum Gasteiger partial charge on any atom is 0.174 e. The van der Waals surface area contributed by atoms with Crippen molar-refractivity contribution in [2.45, 2.75) is 37.5 Å². The van der Waals surface area contributed by atoms with Gasteiger partial charge in [-0.05, 0) is 54.9 Å². The van der Waals surface area contributed by atoms with E-state index in [0.717, 1.165) is 31.2 Å². The lowest BCUT2D eigenvalue weighted by atomic mass is 9.69. The highest BCUT2D eigenvalue weighted by Gasteiger charge is 2.34. The molecule has 3 rings (SSSR count). The number of halogens is 1. The summed E-state index contributed by atoms with van der Waals surface area (Å²) >= 11 is 5.35. The zero-order valence-electron chi connectivity index (χ0n) is 14.0. The van der Waals surface area contributed by atoms with E-state index in [4.69, 9.17) is 12.2 Å². The highest BCUT2D eigenvalue weighted by atomic mass is 32.1. The van der Waals surface area contributed by atoms with Crippen LogP contribution in [0.2, 0.25) is 0 Å². The molecule has 1 aromatic heterocycles. The lowest BCUT2D eigenvalue weighted by Gasteiger charge is -2.38. The minimum Gasteiger partial charge on any atom is -0.504 e. The summed E-state index contributed by atoms with van der Waals surface area (Å²) in [6.07, 6.45) is 7.21. The van der Waals surface area contributed by atoms with E-state index in [1.54, 1.807) is 18.3 Å². The summed E-state index contributed by atoms with van der Waals surface area (Å²) in [5.41, 5.74) is 1.09. The van der Waals surface area contributed by atoms with Crippen LogP contribution in [0.5, 0.6) is 5.75 Å². The number of hydrogen-bond donors (Lipinski definition) is 3. The van der Waals surface area contributed by atoms with Crippen molar-refractivity contribution >= 4 is 23.1 Å². The van der Waals surface area contributed by atoms with E-state index in [2.05, 4.69) is 15.6 Å². The molecule has 1 saturated carbocycles. The molecule has 0 amide bonds. The van der Waals surface area contributed by atoms with E-state index < -0.39 is 0 Å². The summed E-state index contributed by atoms with van der Waals surface area (Å²) in [7, 11) is 0. The monoisotopic (exact) mass is 359 g/mol. The average Bonchev–Trinajstić information content (AvgIpc) is 2.63. The topological polar surface area (TPSA) is 57.2 Å². The van der Waals surface area contributed by atoms with Gasteiger partial charge in [-0.1, -0.05) is 31.4 Å². The number of benzene rings is 1. The van der Waals surface area contributed by atoms with Gasteiger partial charge in [0.05, 0.1) is 0 Å². The van der Waals surface area contributed by atoms with Crippen molar-refractivity contribution in [3.8, 4) is 5.75 Å². The number of nitrogens with one attached hydrogen (secondary N) is 2. The minimum atomic E-state index is -0.217. The third-order valence-corrected chi connectivity index (χ3v) is 5.12. The second-order valence-corrected chi connectivity index (χ2v) is 6.93. The Hall–Kier alpha value is -2.21. The fourth-order valence-electron chi connectivity index (χ4n) is 3.49. The van der Waals surface area contributed by atoms with Gasteiger partial charge in [-0.15, -0.1) is 0 Å². The lowest BCUT2D eigenvalue weighted by molar-refractivity contribution is 0.292. The summed E-state index contributed by atoms with van der Waals surface area (Å²) in [6.45, 7) is 0.665. The lowest BCUT2D eigenvalue weighted by Crippen LogP contribution is -2.43. The third kappa shape index (κ3) is 4.25. The Morgan fingerprint density at radius 1 is 1.16 bits per heavy atom. The molecule has 6 heteroatoms. The van der Waals surface area contributed by atoms with Gasteiger partial charge in [0.2, 0.25) is 0 Å². The Bertz CT molecular complexity index is 730. The molecule has 1 aromatic carbocycles. The smallest absolute Gasteiger partial charge is 0.174 e. The van der Waals surface area contributed by atoms with Crippen LogP contribution in [0.1, 0.15) is 37.7 Å². The summed E-state index contributed by atoms with van der Waals surface area (Å²) in [5, 5.41) is 16.4. The van der Waals surface area contributed by atoms with Gasteiger partial charge in [-0.3, -0.25) is 0 Å². The number of aromatic hydroxyl groups is 1. The largest absolute Gasteiger partial charge is 0.504 e. The van der Waals surface area contributed by atoms with Crippen molar-refractivity contribution in [2.75, 3.05) is 11.9 Å². The third-order valence-electron chi connectivity index (χ3n) is 4.87. The van der Waals surface area contributed by atoms with Crippen LogP contribution >= 0.6 is 12.2 Å². The Morgan fingerprint density at radius 2 is 1.88 bits per heavy atom. The molecule has 1 aliphatic rings. The summed E-state index contributed by atoms with van der Waals surface area (Å²) in [5.74, 6) is 0.169. The first-order chi connectivity index (χ1) is 12.1. The molecule has 0 unspecified atom stereocenters. The molecule has 1 fully saturated rings. The van der Waals surface area contributed by atoms with Gasteiger partial charge in [0.25, 0.3) is 0 Å². The zero-order chi connectivity index (χ0) is 17.7. The number of nitrogens with zero attached hydrogens (tertiary/aromatic N) is 1. The van der Waals surface area contributed by atoms with Crippen molar-refractivity contribution in [3.63, 3.8) is 0 Å². The molecule has 25 heavy (non-hydrogen) atoms. The molecule has 1 aliphatic carbocycles. The second-order valence-electron chi connectivity index (χ2n) is 6.53. The average molecular weight is 359 g/mol. The molecule has 0 radical (unpaired) electrons. The molecule has 2 aromatic rings. The highest BCUT2D eigenvalue weighted by molar-refractivity contribution is 7.80. The van der Waals surface area contributed by atoms with E-state index in [1.807, 2.05) is 12.1 Å². The first-order valence-corrected chi connectivity index (χ1v) is 8.95. The number of pyridine rings is 1. The van der Waals surface area contributed by atoms with Crippen LogP contribution in [0.25, 0.3) is 0 Å². The molecule has 0 bridgehead atoms. The maximum atomic E-state index is 13.3. The second kappa shape index (κ2) is 7.78. The Balaban J connectivity index is 1.70. The van der Waals surface area contributed by atoms with Gasteiger partial charge in [0.1, 0.15) is 5.82 Å². The normalized spacial score (nSPS) is 16.2. The van der Waals surface area contributed by atoms with Crippen molar-refractivity contribution in [2.24, 2.45) is 0 Å². The predicted molar refractivity (Wildman–Crippen MR) is 101 cm³/mol. The van der Waals surface area contributed by atoms with Gasteiger partial charge in [-0.2, -0.15) is 0 Å². The predicted octanol–water partition coefficient (Wildman–Crippen LogP) is 4.11. The van der Waals surface area contributed by atoms with Crippen LogP contribution in [0, 0.1) is 5.82 Å². The quantitative estimate of drug-likeness (QED) is 0.717. The molecular formula is C19H22FN3OS. The van der Waals surface area contributed by atoms with Gasteiger partial charge < -0.3 is 15.7 Å². The van der Waals surface area contributed by atoms with Crippen molar-refractivity contribution in [3.05, 3.63) is 54.0 Å². The molecule has 3 N–H and O–H groups in total. The number of thiocarbonyl (C=S) groups is 1. The molecule has 0 aliphatic heterocycles. The number of rotatable bonds is 4. The van der Waals surface area contributed by atoms with Crippen molar-refractivity contribution in [1.29, 1.82) is 0 Å².